The maximum atomic E-state index is 10.6. The number of aliphatic hydroxyl groups excluding tert-OH is 4. The number of hydrogen-bond donors (Lipinski definition) is 6. The largest absolute Gasteiger partial charge is 0.477 e. The Balaban J connectivity index is 2.75. The summed E-state index contributed by atoms with van der Waals surface area (Å²) in [4.78, 5) is 10.6. The molecule has 0 unspecified atom stereocenters. The molecule has 0 aromatic carbocycles. The zero-order chi connectivity index (χ0) is 12.5. The van der Waals surface area contributed by atoms with Crippen molar-refractivity contribution in [1.82, 2.24) is 0 Å². The third-order valence-corrected chi connectivity index (χ3v) is 2.45. The zero-order valence-electron chi connectivity index (χ0n) is 8.22. The van der Waals surface area contributed by atoms with Gasteiger partial charge in [0.1, 0.15) is 18.3 Å². The molecular weight excluding hydrogens is 224 g/mol. The average Bonchev–Trinajstić information content (AvgIpc) is 2.53. The maximum absolute atomic E-state index is 10.6. The molecule has 16 heavy (non-hydrogen) atoms. The molecular formula is C8H14O8. The van der Waals surface area contributed by atoms with E-state index < -0.39 is 49.2 Å². The van der Waals surface area contributed by atoms with Crippen LogP contribution in [0.1, 0.15) is 6.42 Å². The third-order valence-electron chi connectivity index (χ3n) is 2.45. The molecule has 0 amide bonds. The van der Waals surface area contributed by atoms with Crippen molar-refractivity contribution in [2.24, 2.45) is 0 Å². The van der Waals surface area contributed by atoms with Crippen molar-refractivity contribution >= 4 is 5.97 Å². The summed E-state index contributed by atoms with van der Waals surface area (Å²) < 4.78 is 4.59. The predicted octanol–water partition coefficient (Wildman–Crippen LogP) is -3.38. The first-order chi connectivity index (χ1) is 7.31. The fourth-order valence-corrected chi connectivity index (χ4v) is 1.51. The Labute approximate surface area is 90.3 Å². The van der Waals surface area contributed by atoms with Gasteiger partial charge in [0, 0.05) is 6.42 Å². The summed E-state index contributed by atoms with van der Waals surface area (Å²) in [7, 11) is 0. The number of hydrogen-bond acceptors (Lipinski definition) is 7. The molecule has 5 atom stereocenters. The van der Waals surface area contributed by atoms with E-state index in [-0.39, 0.29) is 0 Å². The first kappa shape index (κ1) is 13.3. The van der Waals surface area contributed by atoms with Crippen LogP contribution in [0.4, 0.5) is 0 Å². The topological polar surface area (TPSA) is 148 Å². The Bertz CT molecular complexity index is 269. The minimum absolute atomic E-state index is 0.623. The van der Waals surface area contributed by atoms with E-state index in [1.54, 1.807) is 0 Å². The standard InChI is InChI=1S/C8H14O8/c9-2-4(11)5(12)6-3(10)1-8(15,16-6)7(13)14/h3-6,9-12,15H,1-2H2,(H,13,14)/t3-,4-,5-,6-,8+/m1/s1. The lowest BCUT2D eigenvalue weighted by atomic mass is 10.0. The highest BCUT2D eigenvalue weighted by atomic mass is 16.7. The van der Waals surface area contributed by atoms with Crippen molar-refractivity contribution in [1.29, 1.82) is 0 Å². The van der Waals surface area contributed by atoms with Gasteiger partial charge in [0.05, 0.1) is 12.7 Å². The minimum atomic E-state index is -2.58. The molecule has 1 aliphatic rings. The van der Waals surface area contributed by atoms with Gasteiger partial charge in [-0.1, -0.05) is 0 Å². The average molecular weight is 238 g/mol. The van der Waals surface area contributed by atoms with Crippen molar-refractivity contribution in [3.8, 4) is 0 Å². The molecule has 1 rings (SSSR count). The summed E-state index contributed by atoms with van der Waals surface area (Å²) in [5.74, 6) is -4.28. The molecule has 94 valence electrons. The molecule has 8 heteroatoms. The summed E-state index contributed by atoms with van der Waals surface area (Å²) in [6.45, 7) is -0.779. The second-order valence-electron chi connectivity index (χ2n) is 3.68. The summed E-state index contributed by atoms with van der Waals surface area (Å²) in [6.07, 6.45) is -6.81. The van der Waals surface area contributed by atoms with E-state index in [4.69, 9.17) is 15.3 Å². The lowest BCUT2D eigenvalue weighted by Crippen LogP contribution is -2.46. The summed E-state index contributed by atoms with van der Waals surface area (Å²) in [5, 5.41) is 54.4. The van der Waals surface area contributed by atoms with Crippen LogP contribution in [0.15, 0.2) is 0 Å². The van der Waals surface area contributed by atoms with E-state index in [1.807, 2.05) is 0 Å². The fraction of sp³-hybridized carbons (Fsp3) is 0.875. The number of rotatable bonds is 4. The second kappa shape index (κ2) is 4.62. The molecule has 8 nitrogen and oxygen atoms in total. The van der Waals surface area contributed by atoms with Gasteiger partial charge in [-0.05, 0) is 0 Å². The van der Waals surface area contributed by atoms with E-state index in [9.17, 15) is 20.1 Å². The van der Waals surface area contributed by atoms with Gasteiger partial charge in [0.25, 0.3) is 5.79 Å². The number of ether oxygens (including phenoxy) is 1. The van der Waals surface area contributed by atoms with Gasteiger partial charge in [-0.3, -0.25) is 0 Å². The van der Waals surface area contributed by atoms with Crippen LogP contribution in [-0.2, 0) is 9.53 Å². The van der Waals surface area contributed by atoms with Crippen molar-refractivity contribution in [3.05, 3.63) is 0 Å². The van der Waals surface area contributed by atoms with E-state index in [0.717, 1.165) is 0 Å². The summed E-state index contributed by atoms with van der Waals surface area (Å²) in [5.41, 5.74) is 0. The molecule has 0 spiro atoms. The molecule has 1 heterocycles. The van der Waals surface area contributed by atoms with Gasteiger partial charge in [0.15, 0.2) is 0 Å². The first-order valence-corrected chi connectivity index (χ1v) is 4.60. The highest BCUT2D eigenvalue weighted by Gasteiger charge is 2.53. The van der Waals surface area contributed by atoms with E-state index in [2.05, 4.69) is 4.74 Å². The molecule has 1 saturated heterocycles. The van der Waals surface area contributed by atoms with Gasteiger partial charge in [-0.2, -0.15) is 0 Å². The number of aliphatic hydroxyl groups is 5. The Morgan fingerprint density at radius 1 is 1.50 bits per heavy atom. The van der Waals surface area contributed by atoms with Crippen LogP contribution in [0, 0.1) is 0 Å². The Kier molecular flexibility index (Phi) is 3.84. The second-order valence-corrected chi connectivity index (χ2v) is 3.68. The highest BCUT2D eigenvalue weighted by molar-refractivity contribution is 5.75. The quantitative estimate of drug-likeness (QED) is 0.297. The SMILES string of the molecule is O=C(O)[C@]1(O)C[C@@H](O)[C@H]([C@H](O)[C@H](O)CO)O1. The molecule has 0 bridgehead atoms. The van der Waals surface area contributed by atoms with Gasteiger partial charge < -0.3 is 35.4 Å². The van der Waals surface area contributed by atoms with Gasteiger partial charge in [-0.15, -0.1) is 0 Å². The van der Waals surface area contributed by atoms with Gasteiger partial charge >= 0.3 is 5.97 Å². The monoisotopic (exact) mass is 238 g/mol. The lowest BCUT2D eigenvalue weighted by Gasteiger charge is -2.24. The highest BCUT2D eigenvalue weighted by Crippen LogP contribution is 2.31. The third kappa shape index (κ3) is 2.32. The van der Waals surface area contributed by atoms with E-state index in [1.165, 1.54) is 0 Å². The lowest BCUT2D eigenvalue weighted by molar-refractivity contribution is -0.230. The smallest absolute Gasteiger partial charge is 0.364 e. The van der Waals surface area contributed by atoms with Crippen molar-refractivity contribution in [3.63, 3.8) is 0 Å². The summed E-state index contributed by atoms with van der Waals surface area (Å²) in [6, 6.07) is 0. The first-order valence-electron chi connectivity index (χ1n) is 4.60. The number of aliphatic carboxylic acids is 1. The van der Waals surface area contributed by atoms with Crippen LogP contribution < -0.4 is 0 Å². The predicted molar refractivity (Wildman–Crippen MR) is 47.2 cm³/mol. The molecule has 0 aliphatic carbocycles. The molecule has 6 N–H and O–H groups in total. The van der Waals surface area contributed by atoms with Crippen LogP contribution in [0.2, 0.25) is 0 Å². The Hall–Kier alpha value is -0.770. The van der Waals surface area contributed by atoms with Crippen molar-refractivity contribution < 1.29 is 40.2 Å². The Morgan fingerprint density at radius 2 is 2.06 bits per heavy atom. The summed E-state index contributed by atoms with van der Waals surface area (Å²) >= 11 is 0. The Morgan fingerprint density at radius 3 is 2.44 bits per heavy atom. The zero-order valence-corrected chi connectivity index (χ0v) is 8.22. The molecule has 0 saturated carbocycles. The maximum Gasteiger partial charge on any atom is 0.364 e. The van der Waals surface area contributed by atoms with Gasteiger partial charge in [-0.25, -0.2) is 4.79 Å². The van der Waals surface area contributed by atoms with Crippen LogP contribution in [-0.4, -0.2) is 73.4 Å². The molecule has 1 aliphatic heterocycles. The van der Waals surface area contributed by atoms with Crippen molar-refractivity contribution in [2.75, 3.05) is 6.61 Å². The normalized spacial score (nSPS) is 38.3. The van der Waals surface area contributed by atoms with Crippen LogP contribution >= 0.6 is 0 Å². The fourth-order valence-electron chi connectivity index (χ4n) is 1.51. The van der Waals surface area contributed by atoms with E-state index >= 15 is 0 Å². The van der Waals surface area contributed by atoms with E-state index in [0.29, 0.717) is 0 Å². The van der Waals surface area contributed by atoms with Crippen molar-refractivity contribution in [2.45, 2.75) is 36.6 Å². The van der Waals surface area contributed by atoms with Crippen LogP contribution in [0.25, 0.3) is 0 Å². The molecule has 0 aromatic heterocycles. The minimum Gasteiger partial charge on any atom is -0.477 e. The number of carboxylic acid groups (broad SMARTS) is 1. The number of carbonyl (C=O) groups is 1. The molecule has 1 fully saturated rings. The molecule has 0 radical (unpaired) electrons. The van der Waals surface area contributed by atoms with Crippen LogP contribution in [0.3, 0.4) is 0 Å². The molecule has 0 aromatic rings. The van der Waals surface area contributed by atoms with Crippen LogP contribution in [0.5, 0.6) is 0 Å². The van der Waals surface area contributed by atoms with Gasteiger partial charge in [0.2, 0.25) is 0 Å². The number of carboxylic acids is 1.